The van der Waals surface area contributed by atoms with Gasteiger partial charge >= 0.3 is 0 Å². The van der Waals surface area contributed by atoms with Gasteiger partial charge in [-0.05, 0) is 17.8 Å². The Hall–Kier alpha value is -0.240. The van der Waals surface area contributed by atoms with Crippen LogP contribution in [0.1, 0.15) is 62.3 Å². The van der Waals surface area contributed by atoms with E-state index in [2.05, 4.69) is 62.3 Å². The Morgan fingerprint density at radius 2 is 0.583 bits per heavy atom. The Morgan fingerprint density at radius 1 is 0.361 bits per heavy atom. The molecule has 6 aliphatic heterocycles. The molecule has 0 aromatic heterocycles. The topological polar surface area (TPSA) is 55.4 Å². The van der Waals surface area contributed by atoms with E-state index in [1.54, 1.807) is 0 Å². The fourth-order valence-corrected chi connectivity index (χ4v) is 6.87. The third-order valence-electron chi connectivity index (χ3n) is 9.59. The summed E-state index contributed by atoms with van der Waals surface area (Å²) in [6.07, 6.45) is 2.33. The Kier molecular flexibility index (Phi) is 9.82. The molecule has 0 bridgehead atoms. The lowest BCUT2D eigenvalue weighted by Gasteiger charge is -2.19. The molecule has 6 saturated heterocycles. The van der Waals surface area contributed by atoms with E-state index in [0.29, 0.717) is 89.9 Å². The third-order valence-corrected chi connectivity index (χ3v) is 9.59. The van der Waals surface area contributed by atoms with Gasteiger partial charge in [0.1, 0.15) is 0 Å². The SMILES string of the molecule is CC(C)[C@@H]1CO[C@H]2[C@@H]1OC[C@H]2C.CC(C)[C@H]1CO[C@H]2[C@@H]1OC[C@@H]2C.CC(C)[C@H]1CO[C@H]2[C@@H]1OC[C@H]2C. The van der Waals surface area contributed by atoms with Crippen LogP contribution in [0.3, 0.4) is 0 Å². The highest BCUT2D eigenvalue weighted by Crippen LogP contribution is 2.39. The highest BCUT2D eigenvalue weighted by molar-refractivity contribution is 4.95. The van der Waals surface area contributed by atoms with Crippen LogP contribution in [0, 0.1) is 53.3 Å². The first-order valence-electron chi connectivity index (χ1n) is 14.8. The van der Waals surface area contributed by atoms with Crippen molar-refractivity contribution >= 4 is 0 Å². The Morgan fingerprint density at radius 3 is 0.806 bits per heavy atom. The van der Waals surface area contributed by atoms with Crippen molar-refractivity contribution < 1.29 is 28.4 Å². The molecule has 0 spiro atoms. The zero-order valence-corrected chi connectivity index (χ0v) is 24.4. The zero-order valence-electron chi connectivity index (χ0n) is 24.4. The maximum Gasteiger partial charge on any atom is 0.0892 e. The van der Waals surface area contributed by atoms with Gasteiger partial charge in [0.05, 0.1) is 76.3 Å². The maximum atomic E-state index is 5.74. The van der Waals surface area contributed by atoms with Gasteiger partial charge < -0.3 is 28.4 Å². The highest BCUT2D eigenvalue weighted by Gasteiger charge is 2.48. The van der Waals surface area contributed by atoms with Crippen molar-refractivity contribution in [2.75, 3.05) is 39.6 Å². The van der Waals surface area contributed by atoms with E-state index >= 15 is 0 Å². The lowest BCUT2D eigenvalue weighted by molar-refractivity contribution is 0.0549. The second-order valence-electron chi connectivity index (χ2n) is 13.4. The van der Waals surface area contributed by atoms with E-state index in [1.165, 1.54) is 0 Å². The summed E-state index contributed by atoms with van der Waals surface area (Å²) in [7, 11) is 0. The normalized spacial score (nSPS) is 47.0. The molecular weight excluding hydrogens is 456 g/mol. The number of hydrogen-bond acceptors (Lipinski definition) is 6. The molecule has 0 saturated carbocycles. The van der Waals surface area contributed by atoms with Crippen molar-refractivity contribution in [2.45, 2.75) is 98.9 Å². The largest absolute Gasteiger partial charge is 0.375 e. The van der Waals surface area contributed by atoms with Gasteiger partial charge in [-0.3, -0.25) is 0 Å². The predicted octanol–water partition coefficient (Wildman–Crippen LogP) is 5.08. The first-order valence-corrected chi connectivity index (χ1v) is 14.8. The van der Waals surface area contributed by atoms with Crippen molar-refractivity contribution in [3.8, 4) is 0 Å². The number of hydrogen-bond donors (Lipinski definition) is 0. The monoisotopic (exact) mass is 510 g/mol. The molecule has 36 heavy (non-hydrogen) atoms. The second-order valence-corrected chi connectivity index (χ2v) is 13.4. The van der Waals surface area contributed by atoms with Crippen molar-refractivity contribution in [3.63, 3.8) is 0 Å². The van der Waals surface area contributed by atoms with Gasteiger partial charge in [-0.15, -0.1) is 0 Å². The van der Waals surface area contributed by atoms with Gasteiger partial charge in [-0.1, -0.05) is 62.3 Å². The molecule has 6 heteroatoms. The standard InChI is InChI=1S/3C10H18O2/c3*1-6(2)8-5-12-9-7(3)4-11-10(8)9/h3*6-10H,4-5H2,1-3H3/t7-,8+,9+,10+;7-,8+,9-,10-;7-,8-,9-,10-/m011/s1. The molecule has 6 aliphatic rings. The van der Waals surface area contributed by atoms with Crippen LogP contribution in [0.2, 0.25) is 0 Å². The molecule has 12 atom stereocenters. The molecule has 0 amide bonds. The molecule has 0 aromatic carbocycles. The fraction of sp³-hybridized carbons (Fsp3) is 1.00. The Labute approximate surface area is 220 Å². The lowest BCUT2D eigenvalue weighted by Crippen LogP contribution is -2.27. The van der Waals surface area contributed by atoms with Crippen molar-refractivity contribution in [1.29, 1.82) is 0 Å². The van der Waals surface area contributed by atoms with Gasteiger partial charge in [0.15, 0.2) is 0 Å². The first kappa shape index (κ1) is 28.8. The van der Waals surface area contributed by atoms with Crippen molar-refractivity contribution in [3.05, 3.63) is 0 Å². The molecule has 0 N–H and O–H groups in total. The maximum absolute atomic E-state index is 5.74. The average Bonchev–Trinajstić information content (AvgIpc) is 3.62. The van der Waals surface area contributed by atoms with E-state index in [0.717, 1.165) is 39.6 Å². The number of fused-ring (bicyclic) bond motifs is 3. The summed E-state index contributed by atoms with van der Waals surface area (Å²) in [4.78, 5) is 0. The number of rotatable bonds is 3. The minimum atomic E-state index is 0.386. The summed E-state index contributed by atoms with van der Waals surface area (Å²) in [6, 6.07) is 0. The fourth-order valence-electron chi connectivity index (χ4n) is 6.87. The first-order chi connectivity index (χ1) is 17.1. The van der Waals surface area contributed by atoms with Crippen LogP contribution in [0.5, 0.6) is 0 Å². The minimum absolute atomic E-state index is 0.386. The summed E-state index contributed by atoms with van der Waals surface area (Å²) in [6.45, 7) is 25.5. The van der Waals surface area contributed by atoms with Crippen LogP contribution in [0.4, 0.5) is 0 Å². The minimum Gasteiger partial charge on any atom is -0.375 e. The van der Waals surface area contributed by atoms with E-state index in [-0.39, 0.29) is 0 Å². The van der Waals surface area contributed by atoms with Gasteiger partial charge in [0.2, 0.25) is 0 Å². The molecule has 6 rings (SSSR count). The molecule has 0 aliphatic carbocycles. The van der Waals surface area contributed by atoms with E-state index < -0.39 is 0 Å². The molecule has 6 fully saturated rings. The summed E-state index contributed by atoms with van der Waals surface area (Å²) >= 11 is 0. The van der Waals surface area contributed by atoms with E-state index in [9.17, 15) is 0 Å². The van der Waals surface area contributed by atoms with Crippen LogP contribution in [0.15, 0.2) is 0 Å². The lowest BCUT2D eigenvalue weighted by atomic mass is 9.89. The van der Waals surface area contributed by atoms with Crippen LogP contribution >= 0.6 is 0 Å². The van der Waals surface area contributed by atoms with E-state index in [4.69, 9.17) is 28.4 Å². The molecule has 6 heterocycles. The van der Waals surface area contributed by atoms with E-state index in [1.807, 2.05) is 0 Å². The van der Waals surface area contributed by atoms with Crippen LogP contribution in [0.25, 0.3) is 0 Å². The van der Waals surface area contributed by atoms with Crippen LogP contribution in [-0.4, -0.2) is 76.3 Å². The van der Waals surface area contributed by atoms with Gasteiger partial charge in [0.25, 0.3) is 0 Å². The Bertz CT molecular complexity index is 592. The summed E-state index contributed by atoms with van der Waals surface area (Å²) in [5.74, 6) is 5.72. The summed E-state index contributed by atoms with van der Waals surface area (Å²) in [5, 5.41) is 0. The predicted molar refractivity (Wildman–Crippen MR) is 141 cm³/mol. The molecular formula is C30H54O6. The Balaban J connectivity index is 0.000000127. The average molecular weight is 511 g/mol. The zero-order chi connectivity index (χ0) is 26.1. The van der Waals surface area contributed by atoms with Gasteiger partial charge in [-0.25, -0.2) is 0 Å². The third kappa shape index (κ3) is 5.99. The van der Waals surface area contributed by atoms with Gasteiger partial charge in [-0.2, -0.15) is 0 Å². The highest BCUT2D eigenvalue weighted by atomic mass is 16.6. The van der Waals surface area contributed by atoms with Crippen LogP contribution in [-0.2, 0) is 28.4 Å². The summed E-state index contributed by atoms with van der Waals surface area (Å²) < 4.78 is 34.4. The molecule has 0 aromatic rings. The molecule has 0 unspecified atom stereocenters. The molecule has 0 radical (unpaired) electrons. The smallest absolute Gasteiger partial charge is 0.0892 e. The molecule has 6 nitrogen and oxygen atoms in total. The van der Waals surface area contributed by atoms with Crippen molar-refractivity contribution in [2.24, 2.45) is 53.3 Å². The quantitative estimate of drug-likeness (QED) is 0.528. The molecule has 210 valence electrons. The second kappa shape index (κ2) is 12.3. The summed E-state index contributed by atoms with van der Waals surface area (Å²) in [5.41, 5.74) is 0. The number of ether oxygens (including phenoxy) is 6. The van der Waals surface area contributed by atoms with Crippen molar-refractivity contribution in [1.82, 2.24) is 0 Å². The van der Waals surface area contributed by atoms with Gasteiger partial charge in [0, 0.05) is 35.5 Å². The van der Waals surface area contributed by atoms with Crippen LogP contribution < -0.4 is 0 Å².